The Hall–Kier alpha value is 1.41. The molecule has 0 radical (unpaired) electrons. The first kappa shape index (κ1) is 11.4. The predicted molar refractivity (Wildman–Crippen MR) is 46.6 cm³/mol. The van der Waals surface area contributed by atoms with Crippen molar-refractivity contribution in [1.29, 1.82) is 0 Å². The van der Waals surface area contributed by atoms with Crippen LogP contribution in [0.3, 0.4) is 0 Å². The van der Waals surface area contributed by atoms with Crippen molar-refractivity contribution < 1.29 is 4.74 Å². The van der Waals surface area contributed by atoms with Crippen molar-refractivity contribution >= 4 is 58.0 Å². The van der Waals surface area contributed by atoms with Gasteiger partial charge in [-0.1, -0.05) is 58.0 Å². The van der Waals surface area contributed by atoms with E-state index in [-0.39, 0.29) is 6.61 Å². The van der Waals surface area contributed by atoms with Gasteiger partial charge in [0.2, 0.25) is 3.79 Å². The first-order chi connectivity index (χ1) is 4.31. The van der Waals surface area contributed by atoms with E-state index in [0.717, 1.165) is 0 Å². The van der Waals surface area contributed by atoms with Gasteiger partial charge in [0.15, 0.2) is 4.33 Å². The highest BCUT2D eigenvalue weighted by molar-refractivity contribution is 6.75. The lowest BCUT2D eigenvalue weighted by Crippen LogP contribution is -2.35. The van der Waals surface area contributed by atoms with E-state index in [1.54, 1.807) is 0 Å². The van der Waals surface area contributed by atoms with Crippen LogP contribution in [0.15, 0.2) is 0 Å². The van der Waals surface area contributed by atoms with E-state index < -0.39 is 8.13 Å². The van der Waals surface area contributed by atoms with Crippen molar-refractivity contribution in [3.8, 4) is 0 Å². The number of methoxy groups -OCH3 is 1. The third-order valence-corrected chi connectivity index (χ3v) is 3.07. The Morgan fingerprint density at radius 3 is 1.60 bits per heavy atom. The normalized spacial score (nSPS) is 13.8. The molecule has 0 aliphatic carbocycles. The smallest absolute Gasteiger partial charge is 0.225 e. The molecule has 0 amide bonds. The third-order valence-electron chi connectivity index (χ3n) is 0.740. The molecule has 0 unspecified atom stereocenters. The molecular formula is C4H5Cl5O. The van der Waals surface area contributed by atoms with E-state index in [0.29, 0.717) is 0 Å². The summed E-state index contributed by atoms with van der Waals surface area (Å²) in [5.74, 6) is 0. The molecule has 1 nitrogen and oxygen atoms in total. The quantitative estimate of drug-likeness (QED) is 0.680. The van der Waals surface area contributed by atoms with E-state index >= 15 is 0 Å². The Kier molecular flexibility index (Phi) is 4.43. The summed E-state index contributed by atoms with van der Waals surface area (Å²) in [7, 11) is 1.41. The van der Waals surface area contributed by atoms with Gasteiger partial charge in [-0.15, -0.1) is 0 Å². The van der Waals surface area contributed by atoms with Gasteiger partial charge in [0.1, 0.15) is 0 Å². The first-order valence-corrected chi connectivity index (χ1v) is 4.14. The average Bonchev–Trinajstić information content (AvgIpc) is 1.61. The lowest BCUT2D eigenvalue weighted by Gasteiger charge is -2.25. The Morgan fingerprint density at radius 1 is 1.10 bits per heavy atom. The highest BCUT2D eigenvalue weighted by Gasteiger charge is 2.45. The molecule has 0 aromatic carbocycles. The zero-order valence-corrected chi connectivity index (χ0v) is 8.78. The number of halogens is 5. The second kappa shape index (κ2) is 3.88. The van der Waals surface area contributed by atoms with Crippen LogP contribution in [0.2, 0.25) is 0 Å². The second-order valence-electron chi connectivity index (χ2n) is 1.64. The molecule has 0 bridgehead atoms. The number of hydrogen-bond acceptors (Lipinski definition) is 1. The minimum absolute atomic E-state index is 0.0351. The second-order valence-corrected chi connectivity index (χ2v) is 5.40. The number of ether oxygens (including phenoxy) is 1. The minimum atomic E-state index is -1.73. The van der Waals surface area contributed by atoms with E-state index in [2.05, 4.69) is 4.74 Å². The van der Waals surface area contributed by atoms with Gasteiger partial charge in [0.25, 0.3) is 0 Å². The van der Waals surface area contributed by atoms with Gasteiger partial charge < -0.3 is 4.74 Å². The zero-order valence-electron chi connectivity index (χ0n) is 5.01. The molecule has 0 fully saturated rings. The highest BCUT2D eigenvalue weighted by atomic mass is 35.6. The van der Waals surface area contributed by atoms with Gasteiger partial charge >= 0.3 is 0 Å². The third kappa shape index (κ3) is 3.21. The van der Waals surface area contributed by atoms with Gasteiger partial charge in [-0.2, -0.15) is 0 Å². The summed E-state index contributed by atoms with van der Waals surface area (Å²) in [6.07, 6.45) is 0. The predicted octanol–water partition coefficient (Wildman–Crippen LogP) is 3.18. The Bertz CT molecular complexity index is 107. The van der Waals surface area contributed by atoms with Crippen LogP contribution >= 0.6 is 58.0 Å². The van der Waals surface area contributed by atoms with Crippen LogP contribution in [0.25, 0.3) is 0 Å². The fourth-order valence-electron chi connectivity index (χ4n) is 0.263. The van der Waals surface area contributed by atoms with Crippen LogP contribution in [0, 0.1) is 0 Å². The monoisotopic (exact) mass is 244 g/mol. The summed E-state index contributed by atoms with van der Waals surface area (Å²) in [5.41, 5.74) is 0. The van der Waals surface area contributed by atoms with Crippen molar-refractivity contribution in [2.45, 2.75) is 8.13 Å². The maximum Gasteiger partial charge on any atom is 0.225 e. The molecule has 0 N–H and O–H groups in total. The average molecular weight is 246 g/mol. The molecule has 0 heterocycles. The molecule has 0 saturated heterocycles. The molecule has 62 valence electrons. The van der Waals surface area contributed by atoms with Crippen LogP contribution in [0.1, 0.15) is 0 Å². The van der Waals surface area contributed by atoms with Gasteiger partial charge in [0, 0.05) is 7.11 Å². The largest absolute Gasteiger partial charge is 0.381 e. The summed E-state index contributed by atoms with van der Waals surface area (Å²) in [5, 5.41) is 0. The standard InChI is InChI=1S/C4H5Cl5O/c1-10-2-3(5,6)4(7,8)9/h2H2,1H3. The lowest BCUT2D eigenvalue weighted by molar-refractivity contribution is 0.189. The molecule has 0 saturated carbocycles. The molecule has 0 atom stereocenters. The van der Waals surface area contributed by atoms with E-state index in [1.807, 2.05) is 0 Å². The van der Waals surface area contributed by atoms with Crippen molar-refractivity contribution in [2.75, 3.05) is 13.7 Å². The van der Waals surface area contributed by atoms with E-state index in [4.69, 9.17) is 58.0 Å². The zero-order chi connectivity index (χ0) is 8.41. The molecule has 6 heteroatoms. The van der Waals surface area contributed by atoms with Crippen LogP contribution < -0.4 is 0 Å². The maximum atomic E-state index is 5.56. The molecule has 0 aliphatic rings. The SMILES string of the molecule is COCC(Cl)(Cl)C(Cl)(Cl)Cl. The van der Waals surface area contributed by atoms with Crippen molar-refractivity contribution in [2.24, 2.45) is 0 Å². The molecule has 10 heavy (non-hydrogen) atoms. The van der Waals surface area contributed by atoms with Crippen molar-refractivity contribution in [3.05, 3.63) is 0 Å². The highest BCUT2D eigenvalue weighted by Crippen LogP contribution is 2.45. The molecule has 0 aromatic rings. The van der Waals surface area contributed by atoms with E-state index in [9.17, 15) is 0 Å². The summed E-state index contributed by atoms with van der Waals surface area (Å²) in [6.45, 7) is -0.0351. The molecule has 0 aliphatic heterocycles. The van der Waals surface area contributed by atoms with E-state index in [1.165, 1.54) is 7.11 Å². The van der Waals surface area contributed by atoms with Crippen LogP contribution in [-0.2, 0) is 4.74 Å². The molecule has 0 aromatic heterocycles. The summed E-state index contributed by atoms with van der Waals surface area (Å²) >= 11 is 27.3. The minimum Gasteiger partial charge on any atom is -0.381 e. The van der Waals surface area contributed by atoms with Crippen LogP contribution in [0.5, 0.6) is 0 Å². The van der Waals surface area contributed by atoms with Crippen molar-refractivity contribution in [3.63, 3.8) is 0 Å². The Labute approximate surface area is 84.5 Å². The number of hydrogen-bond donors (Lipinski definition) is 0. The number of alkyl halides is 5. The van der Waals surface area contributed by atoms with Crippen molar-refractivity contribution in [1.82, 2.24) is 0 Å². The van der Waals surface area contributed by atoms with Gasteiger partial charge in [-0.25, -0.2) is 0 Å². The maximum absolute atomic E-state index is 5.56. The van der Waals surface area contributed by atoms with Crippen LogP contribution in [0.4, 0.5) is 0 Å². The van der Waals surface area contributed by atoms with Gasteiger partial charge in [0.05, 0.1) is 6.61 Å². The topological polar surface area (TPSA) is 9.23 Å². The summed E-state index contributed by atoms with van der Waals surface area (Å²) < 4.78 is 1.39. The molecule has 0 rings (SSSR count). The Morgan fingerprint density at radius 2 is 1.50 bits per heavy atom. The fourth-order valence-corrected chi connectivity index (χ4v) is 0.645. The lowest BCUT2D eigenvalue weighted by atomic mass is 10.5. The van der Waals surface area contributed by atoms with Gasteiger partial charge in [-0.05, 0) is 0 Å². The summed E-state index contributed by atoms with van der Waals surface area (Å²) in [4.78, 5) is 0. The fraction of sp³-hybridized carbons (Fsp3) is 1.00. The summed E-state index contributed by atoms with van der Waals surface area (Å²) in [6, 6.07) is 0. The first-order valence-electron chi connectivity index (χ1n) is 2.25. The molecule has 0 spiro atoms. The molecular weight excluding hydrogens is 241 g/mol. The van der Waals surface area contributed by atoms with Crippen LogP contribution in [-0.4, -0.2) is 21.8 Å². The van der Waals surface area contributed by atoms with Gasteiger partial charge in [-0.3, -0.25) is 0 Å². The number of rotatable bonds is 2. The Balaban J connectivity index is 4.10.